The molecule has 7 heteroatoms. The lowest BCUT2D eigenvalue weighted by Gasteiger charge is -2.10. The second kappa shape index (κ2) is 6.41. The van der Waals surface area contributed by atoms with Crippen LogP contribution in [0.25, 0.3) is 0 Å². The lowest BCUT2D eigenvalue weighted by atomic mass is 10.3. The fourth-order valence-electron chi connectivity index (χ4n) is 1.60. The van der Waals surface area contributed by atoms with Gasteiger partial charge in [0.2, 0.25) is 0 Å². The number of rotatable bonds is 5. The van der Waals surface area contributed by atoms with Gasteiger partial charge in [-0.3, -0.25) is 0 Å². The summed E-state index contributed by atoms with van der Waals surface area (Å²) in [7, 11) is 1.77. The third-order valence-corrected chi connectivity index (χ3v) is 3.91. The van der Waals surface area contributed by atoms with Crippen LogP contribution in [0.15, 0.2) is 11.4 Å². The monoisotopic (exact) mass is 316 g/mol. The maximum absolute atomic E-state index is 6.09. The van der Waals surface area contributed by atoms with Gasteiger partial charge < -0.3 is 10.6 Å². The second-order valence-corrected chi connectivity index (χ2v) is 5.81. The minimum absolute atomic E-state index is 0.508. The number of aromatic nitrogens is 2. The van der Waals surface area contributed by atoms with Crippen molar-refractivity contribution in [1.82, 2.24) is 9.97 Å². The molecule has 102 valence electrons. The van der Waals surface area contributed by atoms with Gasteiger partial charge in [-0.2, -0.15) is 0 Å². The number of thiazole rings is 1. The van der Waals surface area contributed by atoms with Crippen LogP contribution in [-0.4, -0.2) is 23.6 Å². The molecule has 0 atom stereocenters. The van der Waals surface area contributed by atoms with Crippen LogP contribution >= 0.6 is 34.5 Å². The van der Waals surface area contributed by atoms with Crippen molar-refractivity contribution in [3.63, 3.8) is 0 Å². The molecule has 19 heavy (non-hydrogen) atoms. The van der Waals surface area contributed by atoms with E-state index in [0.29, 0.717) is 21.7 Å². The van der Waals surface area contributed by atoms with Crippen molar-refractivity contribution in [2.75, 3.05) is 24.2 Å². The van der Waals surface area contributed by atoms with Crippen LogP contribution in [0.4, 0.5) is 11.6 Å². The van der Waals surface area contributed by atoms with Crippen LogP contribution in [0.1, 0.15) is 10.7 Å². The third kappa shape index (κ3) is 3.72. The number of nitrogens with one attached hydrogen (secondary N) is 2. The fourth-order valence-corrected chi connectivity index (χ4v) is 2.76. The van der Waals surface area contributed by atoms with Crippen molar-refractivity contribution in [3.05, 3.63) is 32.2 Å². The van der Waals surface area contributed by atoms with E-state index in [0.717, 1.165) is 23.7 Å². The van der Waals surface area contributed by atoms with Crippen LogP contribution in [0.3, 0.4) is 0 Å². The first-order valence-electron chi connectivity index (χ1n) is 5.79. The largest absolute Gasteiger partial charge is 0.372 e. The Morgan fingerprint density at radius 2 is 1.95 bits per heavy atom. The Bertz CT molecular complexity index is 571. The molecule has 0 bridgehead atoms. The van der Waals surface area contributed by atoms with Gasteiger partial charge in [0.25, 0.3) is 0 Å². The summed E-state index contributed by atoms with van der Waals surface area (Å²) in [4.78, 5) is 8.73. The molecule has 0 aliphatic heterocycles. The Morgan fingerprint density at radius 1 is 1.21 bits per heavy atom. The Kier molecular flexibility index (Phi) is 4.85. The number of pyridine rings is 1. The van der Waals surface area contributed by atoms with E-state index in [4.69, 9.17) is 23.2 Å². The Hall–Kier alpha value is -1.04. The van der Waals surface area contributed by atoms with Crippen molar-refractivity contribution >= 4 is 46.2 Å². The number of nitrogens with zero attached hydrogens (tertiary/aromatic N) is 2. The Morgan fingerprint density at radius 3 is 2.58 bits per heavy atom. The molecule has 0 saturated heterocycles. The molecule has 0 aliphatic carbocycles. The number of hydrogen-bond acceptors (Lipinski definition) is 5. The minimum Gasteiger partial charge on any atom is -0.372 e. The van der Waals surface area contributed by atoms with Crippen molar-refractivity contribution in [2.24, 2.45) is 0 Å². The zero-order valence-corrected chi connectivity index (χ0v) is 13.0. The van der Waals surface area contributed by atoms with Gasteiger partial charge in [-0.05, 0) is 13.0 Å². The van der Waals surface area contributed by atoms with Gasteiger partial charge in [-0.1, -0.05) is 23.2 Å². The van der Waals surface area contributed by atoms with Gasteiger partial charge in [0, 0.05) is 25.4 Å². The highest BCUT2D eigenvalue weighted by molar-refractivity contribution is 7.09. The van der Waals surface area contributed by atoms with E-state index >= 15 is 0 Å². The zero-order valence-electron chi connectivity index (χ0n) is 10.6. The van der Waals surface area contributed by atoms with Gasteiger partial charge >= 0.3 is 0 Å². The maximum Gasteiger partial charge on any atom is 0.147 e. The Labute approximate surface area is 126 Å². The standard InChI is InChI=1S/C12H14Cl2N4S/c1-7-17-8(6-19-7)3-4-16-12-10(14)5-9(13)11(15-2)18-12/h5-6H,3-4H2,1-2H3,(H2,15,16,18). The van der Waals surface area contributed by atoms with E-state index in [1.807, 2.05) is 6.92 Å². The van der Waals surface area contributed by atoms with Crippen LogP contribution in [0.5, 0.6) is 0 Å². The first kappa shape index (κ1) is 14.4. The first-order valence-corrected chi connectivity index (χ1v) is 7.42. The van der Waals surface area contributed by atoms with Crippen LogP contribution < -0.4 is 10.6 Å². The summed E-state index contributed by atoms with van der Waals surface area (Å²) in [6.45, 7) is 2.72. The average Bonchev–Trinajstić information content (AvgIpc) is 2.78. The van der Waals surface area contributed by atoms with E-state index < -0.39 is 0 Å². The quantitative estimate of drug-likeness (QED) is 0.879. The molecule has 0 amide bonds. The number of anilines is 2. The van der Waals surface area contributed by atoms with Crippen molar-refractivity contribution in [2.45, 2.75) is 13.3 Å². The molecule has 0 aromatic carbocycles. The normalized spacial score (nSPS) is 10.5. The molecule has 0 spiro atoms. The lowest BCUT2D eigenvalue weighted by molar-refractivity contribution is 0.961. The summed E-state index contributed by atoms with van der Waals surface area (Å²) in [6, 6.07) is 1.68. The van der Waals surface area contributed by atoms with E-state index in [1.54, 1.807) is 24.5 Å². The highest BCUT2D eigenvalue weighted by Crippen LogP contribution is 2.28. The lowest BCUT2D eigenvalue weighted by Crippen LogP contribution is -2.08. The van der Waals surface area contributed by atoms with Gasteiger partial charge in [0.1, 0.15) is 11.6 Å². The second-order valence-electron chi connectivity index (χ2n) is 3.93. The molecule has 2 aromatic heterocycles. The van der Waals surface area contributed by atoms with Crippen LogP contribution in [-0.2, 0) is 6.42 Å². The average molecular weight is 317 g/mol. The van der Waals surface area contributed by atoms with Gasteiger partial charge in [-0.15, -0.1) is 11.3 Å². The summed E-state index contributed by atoms with van der Waals surface area (Å²) < 4.78 is 0. The molecular weight excluding hydrogens is 303 g/mol. The van der Waals surface area contributed by atoms with E-state index in [9.17, 15) is 0 Å². The number of halogens is 2. The molecule has 0 unspecified atom stereocenters. The first-order chi connectivity index (χ1) is 9.10. The molecular formula is C12H14Cl2N4S. The number of hydrogen-bond donors (Lipinski definition) is 2. The molecule has 2 N–H and O–H groups in total. The molecule has 4 nitrogen and oxygen atoms in total. The van der Waals surface area contributed by atoms with E-state index in [-0.39, 0.29) is 0 Å². The van der Waals surface area contributed by atoms with Crippen molar-refractivity contribution in [1.29, 1.82) is 0 Å². The number of aryl methyl sites for hydroxylation is 1. The topological polar surface area (TPSA) is 49.8 Å². The van der Waals surface area contributed by atoms with Crippen LogP contribution in [0.2, 0.25) is 10.0 Å². The predicted molar refractivity (Wildman–Crippen MR) is 82.8 cm³/mol. The summed E-state index contributed by atoms with van der Waals surface area (Å²) in [6.07, 6.45) is 0.833. The minimum atomic E-state index is 0.508. The smallest absolute Gasteiger partial charge is 0.147 e. The molecule has 0 fully saturated rings. The van der Waals surface area contributed by atoms with Gasteiger partial charge in [0.05, 0.1) is 20.7 Å². The summed E-state index contributed by atoms with van der Waals surface area (Å²) >= 11 is 13.7. The molecule has 2 rings (SSSR count). The van der Waals surface area contributed by atoms with Gasteiger partial charge in [0.15, 0.2) is 0 Å². The maximum atomic E-state index is 6.09. The van der Waals surface area contributed by atoms with E-state index in [2.05, 4.69) is 26.0 Å². The molecule has 0 aliphatic rings. The molecule has 2 aromatic rings. The molecule has 0 radical (unpaired) electrons. The fraction of sp³-hybridized carbons (Fsp3) is 0.333. The highest BCUT2D eigenvalue weighted by Gasteiger charge is 2.08. The summed E-state index contributed by atoms with van der Waals surface area (Å²) in [5, 5.41) is 10.3. The van der Waals surface area contributed by atoms with E-state index in [1.165, 1.54) is 0 Å². The molecule has 2 heterocycles. The SMILES string of the molecule is CNc1nc(NCCc2csc(C)n2)c(Cl)cc1Cl. The summed E-state index contributed by atoms with van der Waals surface area (Å²) in [5.74, 6) is 1.24. The Balaban J connectivity index is 1.99. The van der Waals surface area contributed by atoms with Gasteiger partial charge in [-0.25, -0.2) is 9.97 Å². The van der Waals surface area contributed by atoms with Crippen LogP contribution in [0, 0.1) is 6.92 Å². The zero-order chi connectivity index (χ0) is 13.8. The summed E-state index contributed by atoms with van der Waals surface area (Å²) in [5.41, 5.74) is 1.08. The predicted octanol–water partition coefficient (Wildman–Crippen LogP) is 3.85. The molecule has 0 saturated carbocycles. The van der Waals surface area contributed by atoms with Crippen molar-refractivity contribution < 1.29 is 0 Å². The van der Waals surface area contributed by atoms with Crippen molar-refractivity contribution in [3.8, 4) is 0 Å². The third-order valence-electron chi connectivity index (χ3n) is 2.51. The highest BCUT2D eigenvalue weighted by atomic mass is 35.5.